The van der Waals surface area contributed by atoms with Gasteiger partial charge in [-0.1, -0.05) is 30.0 Å². The summed E-state index contributed by atoms with van der Waals surface area (Å²) < 4.78 is 14.8. The van der Waals surface area contributed by atoms with E-state index in [2.05, 4.69) is 15.5 Å². The molecule has 2 aromatic heterocycles. The van der Waals surface area contributed by atoms with Crippen LogP contribution >= 0.6 is 11.8 Å². The molecule has 0 unspecified atom stereocenters. The molecule has 0 radical (unpaired) electrons. The Morgan fingerprint density at radius 2 is 1.92 bits per heavy atom. The van der Waals surface area contributed by atoms with Gasteiger partial charge in [-0.15, -0.1) is 10.2 Å². The topological polar surface area (TPSA) is 59.3 Å². The summed E-state index contributed by atoms with van der Waals surface area (Å²) in [5.74, 6) is -0.399. The lowest BCUT2D eigenvalue weighted by Gasteiger charge is -2.17. The average Bonchev–Trinajstić information content (AvgIpc) is 2.98. The van der Waals surface area contributed by atoms with Crippen molar-refractivity contribution in [1.29, 1.82) is 0 Å². The third-order valence-corrected chi connectivity index (χ3v) is 4.72. The lowest BCUT2D eigenvalue weighted by atomic mass is 10.1. The number of carbonyl (C=O) groups excluding carboxylic acids is 1. The Balaban J connectivity index is 1.65. The average molecular weight is 344 g/mol. The van der Waals surface area contributed by atoms with Gasteiger partial charge < -0.3 is 5.32 Å². The highest BCUT2D eigenvalue weighted by atomic mass is 32.2. The maximum Gasteiger partial charge on any atom is 0.233 e. The van der Waals surface area contributed by atoms with Crippen molar-refractivity contribution < 1.29 is 9.18 Å². The number of rotatable bonds is 5. The van der Waals surface area contributed by atoms with Gasteiger partial charge in [0.2, 0.25) is 5.91 Å². The first kappa shape index (κ1) is 16.4. The highest BCUT2D eigenvalue weighted by molar-refractivity contribution is 8.00. The second kappa shape index (κ2) is 7.00. The Hall–Kier alpha value is -2.41. The van der Waals surface area contributed by atoms with Gasteiger partial charge in [0, 0.05) is 6.20 Å². The number of carbonyl (C=O) groups is 1. The molecule has 2 heterocycles. The number of amides is 1. The van der Waals surface area contributed by atoms with Gasteiger partial charge in [-0.3, -0.25) is 9.20 Å². The van der Waals surface area contributed by atoms with Crippen molar-refractivity contribution in [3.63, 3.8) is 0 Å². The van der Waals surface area contributed by atoms with Crippen LogP contribution in [0, 0.1) is 5.82 Å². The van der Waals surface area contributed by atoms with Crippen molar-refractivity contribution in [3.05, 3.63) is 60.0 Å². The summed E-state index contributed by atoms with van der Waals surface area (Å²) in [6, 6.07) is 11.6. The summed E-state index contributed by atoms with van der Waals surface area (Å²) in [6.45, 7) is 3.69. The first-order chi connectivity index (χ1) is 11.5. The van der Waals surface area contributed by atoms with Gasteiger partial charge in [-0.05, 0) is 43.7 Å². The molecule has 3 aromatic rings. The minimum absolute atomic E-state index is 0.107. The van der Waals surface area contributed by atoms with Crippen LogP contribution in [0.3, 0.4) is 0 Å². The van der Waals surface area contributed by atoms with Crippen LogP contribution in [-0.4, -0.2) is 25.8 Å². The fraction of sp³-hybridized carbons (Fsp3) is 0.235. The Morgan fingerprint density at radius 3 is 2.67 bits per heavy atom. The van der Waals surface area contributed by atoms with Gasteiger partial charge in [0.05, 0.1) is 11.3 Å². The molecule has 5 nitrogen and oxygen atoms in total. The van der Waals surface area contributed by atoms with Gasteiger partial charge >= 0.3 is 0 Å². The number of nitrogens with one attached hydrogen (secondary N) is 1. The lowest BCUT2D eigenvalue weighted by Crippen LogP contribution is -2.33. The molecule has 7 heteroatoms. The standard InChI is InChI=1S/C17H17FN4OS/c1-11(13-6-8-14(18)9-7-13)19-16(23)12(2)24-17-21-20-15-5-3-4-10-22(15)17/h3-12H,1-2H3,(H,19,23)/t11-,12+/m0/s1. The Morgan fingerprint density at radius 1 is 1.17 bits per heavy atom. The largest absolute Gasteiger partial charge is 0.349 e. The van der Waals surface area contributed by atoms with Gasteiger partial charge in [0.1, 0.15) is 5.82 Å². The number of hydrogen-bond donors (Lipinski definition) is 1. The van der Waals surface area contributed by atoms with E-state index in [-0.39, 0.29) is 23.0 Å². The van der Waals surface area contributed by atoms with Crippen molar-refractivity contribution in [2.45, 2.75) is 30.3 Å². The lowest BCUT2D eigenvalue weighted by molar-refractivity contribution is -0.120. The molecular weight excluding hydrogens is 327 g/mol. The molecule has 3 rings (SSSR count). The van der Waals surface area contributed by atoms with E-state index < -0.39 is 0 Å². The SMILES string of the molecule is C[C@H](NC(=O)[C@@H](C)Sc1nnc2ccccn12)c1ccc(F)cc1. The fourth-order valence-electron chi connectivity index (χ4n) is 2.28. The summed E-state index contributed by atoms with van der Waals surface area (Å²) in [5.41, 5.74) is 1.60. The number of fused-ring (bicyclic) bond motifs is 1. The van der Waals surface area contributed by atoms with Crippen LogP contribution in [0.25, 0.3) is 5.65 Å². The van der Waals surface area contributed by atoms with Crippen LogP contribution in [0.2, 0.25) is 0 Å². The number of nitrogens with zero attached hydrogens (tertiary/aromatic N) is 3. The molecular formula is C17H17FN4OS. The molecule has 0 bridgehead atoms. The van der Waals surface area contributed by atoms with Crippen molar-refractivity contribution in [1.82, 2.24) is 19.9 Å². The fourth-order valence-corrected chi connectivity index (χ4v) is 3.12. The van der Waals surface area contributed by atoms with Gasteiger partial charge in [-0.25, -0.2) is 4.39 Å². The summed E-state index contributed by atoms with van der Waals surface area (Å²) in [7, 11) is 0. The van der Waals surface area contributed by atoms with Crippen LogP contribution in [0.4, 0.5) is 4.39 Å². The Bertz CT molecular complexity index is 849. The van der Waals surface area contributed by atoms with E-state index in [1.165, 1.54) is 23.9 Å². The normalized spacial score (nSPS) is 13.6. The third-order valence-electron chi connectivity index (χ3n) is 3.66. The number of benzene rings is 1. The molecule has 0 spiro atoms. The first-order valence-electron chi connectivity index (χ1n) is 7.57. The highest BCUT2D eigenvalue weighted by Gasteiger charge is 2.19. The summed E-state index contributed by atoms with van der Waals surface area (Å²) in [5, 5.41) is 11.5. The molecule has 0 fully saturated rings. The molecule has 0 saturated heterocycles. The molecule has 0 saturated carbocycles. The molecule has 0 aliphatic heterocycles. The molecule has 124 valence electrons. The molecule has 24 heavy (non-hydrogen) atoms. The Kier molecular flexibility index (Phi) is 4.80. The predicted molar refractivity (Wildman–Crippen MR) is 91.3 cm³/mol. The van der Waals surface area contributed by atoms with E-state index in [0.717, 1.165) is 11.2 Å². The van der Waals surface area contributed by atoms with E-state index >= 15 is 0 Å². The van der Waals surface area contributed by atoms with Crippen LogP contribution in [-0.2, 0) is 4.79 Å². The Labute approximate surface area is 143 Å². The molecule has 1 amide bonds. The van der Waals surface area contributed by atoms with Crippen molar-refractivity contribution >= 4 is 23.3 Å². The van der Waals surface area contributed by atoms with Crippen LogP contribution in [0.15, 0.2) is 53.8 Å². The molecule has 1 N–H and O–H groups in total. The number of pyridine rings is 1. The van der Waals surface area contributed by atoms with E-state index in [9.17, 15) is 9.18 Å². The molecule has 0 aliphatic carbocycles. The summed E-state index contributed by atoms with van der Waals surface area (Å²) in [6.07, 6.45) is 1.86. The van der Waals surface area contributed by atoms with Crippen LogP contribution in [0.1, 0.15) is 25.5 Å². The van der Waals surface area contributed by atoms with Crippen LogP contribution in [0.5, 0.6) is 0 Å². The van der Waals surface area contributed by atoms with E-state index in [1.54, 1.807) is 12.1 Å². The monoisotopic (exact) mass is 344 g/mol. The number of aromatic nitrogens is 3. The first-order valence-corrected chi connectivity index (χ1v) is 8.45. The maximum absolute atomic E-state index is 13.0. The smallest absolute Gasteiger partial charge is 0.233 e. The minimum atomic E-state index is -0.333. The van der Waals surface area contributed by atoms with E-state index in [1.807, 2.05) is 42.6 Å². The van der Waals surface area contributed by atoms with Crippen LogP contribution < -0.4 is 5.32 Å². The zero-order chi connectivity index (χ0) is 17.1. The van der Waals surface area contributed by atoms with E-state index in [4.69, 9.17) is 0 Å². The predicted octanol–water partition coefficient (Wildman–Crippen LogP) is 3.23. The van der Waals surface area contributed by atoms with E-state index in [0.29, 0.717) is 5.16 Å². The number of thioether (sulfide) groups is 1. The highest BCUT2D eigenvalue weighted by Crippen LogP contribution is 2.23. The third kappa shape index (κ3) is 3.56. The van der Waals surface area contributed by atoms with Gasteiger partial charge in [0.15, 0.2) is 10.8 Å². The molecule has 1 aromatic carbocycles. The molecule has 0 aliphatic rings. The number of hydrogen-bond acceptors (Lipinski definition) is 4. The zero-order valence-corrected chi connectivity index (χ0v) is 14.1. The summed E-state index contributed by atoms with van der Waals surface area (Å²) >= 11 is 1.34. The molecule has 2 atom stereocenters. The zero-order valence-electron chi connectivity index (χ0n) is 13.3. The minimum Gasteiger partial charge on any atom is -0.349 e. The summed E-state index contributed by atoms with van der Waals surface area (Å²) in [4.78, 5) is 12.4. The van der Waals surface area contributed by atoms with Gasteiger partial charge in [-0.2, -0.15) is 0 Å². The van der Waals surface area contributed by atoms with Crippen molar-refractivity contribution in [2.24, 2.45) is 0 Å². The van der Waals surface area contributed by atoms with Gasteiger partial charge in [0.25, 0.3) is 0 Å². The quantitative estimate of drug-likeness (QED) is 0.722. The second-order valence-corrected chi connectivity index (χ2v) is 6.76. The van der Waals surface area contributed by atoms with Crippen molar-refractivity contribution in [2.75, 3.05) is 0 Å². The van der Waals surface area contributed by atoms with Crippen molar-refractivity contribution in [3.8, 4) is 0 Å². The second-order valence-electron chi connectivity index (χ2n) is 5.45. The number of halogens is 1. The maximum atomic E-state index is 13.0.